The number of pyridine rings is 1. The fourth-order valence-electron chi connectivity index (χ4n) is 2.04. The van der Waals surface area contributed by atoms with Crippen molar-refractivity contribution in [2.75, 3.05) is 31.6 Å². The first kappa shape index (κ1) is 13.2. The monoisotopic (exact) mass is 265 g/mol. The molecule has 1 aromatic heterocycles. The number of nitrogens with one attached hydrogen (secondary N) is 2. The SMILES string of the molecule is CNC(=O)C1CNCCN1c1ccc([N+](=O)[O-])cn1. The van der Waals surface area contributed by atoms with Gasteiger partial charge in [-0.25, -0.2) is 4.98 Å². The molecule has 1 unspecified atom stereocenters. The van der Waals surface area contributed by atoms with Crippen LogP contribution >= 0.6 is 0 Å². The molecule has 1 aromatic rings. The van der Waals surface area contributed by atoms with Gasteiger partial charge >= 0.3 is 0 Å². The summed E-state index contributed by atoms with van der Waals surface area (Å²) in [7, 11) is 1.58. The quantitative estimate of drug-likeness (QED) is 0.565. The highest BCUT2D eigenvalue weighted by atomic mass is 16.6. The smallest absolute Gasteiger partial charge is 0.287 e. The molecule has 0 bridgehead atoms. The maximum Gasteiger partial charge on any atom is 0.287 e. The van der Waals surface area contributed by atoms with Crippen LogP contribution in [0.1, 0.15) is 0 Å². The van der Waals surface area contributed by atoms with Crippen molar-refractivity contribution in [1.82, 2.24) is 15.6 Å². The summed E-state index contributed by atoms with van der Waals surface area (Å²) in [6, 6.07) is 2.61. The van der Waals surface area contributed by atoms with Gasteiger partial charge in [0, 0.05) is 32.7 Å². The van der Waals surface area contributed by atoms with E-state index in [0.29, 0.717) is 18.9 Å². The first-order valence-electron chi connectivity index (χ1n) is 5.93. The minimum Gasteiger partial charge on any atom is -0.357 e. The lowest BCUT2D eigenvalue weighted by Crippen LogP contribution is -2.57. The van der Waals surface area contributed by atoms with Gasteiger partial charge in [-0.1, -0.05) is 0 Å². The lowest BCUT2D eigenvalue weighted by atomic mass is 10.1. The third-order valence-electron chi connectivity index (χ3n) is 3.03. The number of hydrogen-bond acceptors (Lipinski definition) is 6. The van der Waals surface area contributed by atoms with E-state index >= 15 is 0 Å². The van der Waals surface area contributed by atoms with Crippen LogP contribution in [-0.4, -0.2) is 48.5 Å². The number of carbonyl (C=O) groups is 1. The highest BCUT2D eigenvalue weighted by Crippen LogP contribution is 2.18. The van der Waals surface area contributed by atoms with Gasteiger partial charge in [-0.05, 0) is 6.07 Å². The third kappa shape index (κ3) is 2.79. The van der Waals surface area contributed by atoms with E-state index in [4.69, 9.17) is 0 Å². The van der Waals surface area contributed by atoms with Crippen molar-refractivity contribution < 1.29 is 9.72 Å². The first-order valence-corrected chi connectivity index (χ1v) is 5.93. The van der Waals surface area contributed by atoms with Crippen LogP contribution in [0.4, 0.5) is 11.5 Å². The van der Waals surface area contributed by atoms with Crippen LogP contribution in [0.2, 0.25) is 0 Å². The van der Waals surface area contributed by atoms with Gasteiger partial charge in [0.1, 0.15) is 18.1 Å². The minimum atomic E-state index is -0.495. The van der Waals surface area contributed by atoms with Crippen LogP contribution in [0.15, 0.2) is 18.3 Å². The molecular weight excluding hydrogens is 250 g/mol. The van der Waals surface area contributed by atoms with Gasteiger partial charge in [-0.15, -0.1) is 0 Å². The van der Waals surface area contributed by atoms with E-state index in [-0.39, 0.29) is 17.6 Å². The molecule has 8 heteroatoms. The molecule has 1 amide bonds. The standard InChI is InChI=1S/C11H15N5O3/c1-12-11(17)9-7-13-4-5-15(9)10-3-2-8(6-14-10)16(18)19/h2-3,6,9,13H,4-5,7H2,1H3,(H,12,17). The zero-order chi connectivity index (χ0) is 13.8. The molecule has 0 spiro atoms. The Labute approximate surface area is 110 Å². The summed E-state index contributed by atoms with van der Waals surface area (Å²) in [5, 5.41) is 16.3. The topological polar surface area (TPSA) is 100 Å². The molecule has 0 aromatic carbocycles. The van der Waals surface area contributed by atoms with Crippen molar-refractivity contribution in [3.63, 3.8) is 0 Å². The molecule has 2 heterocycles. The van der Waals surface area contributed by atoms with Gasteiger partial charge in [-0.2, -0.15) is 0 Å². The van der Waals surface area contributed by atoms with E-state index in [9.17, 15) is 14.9 Å². The second kappa shape index (κ2) is 5.61. The van der Waals surface area contributed by atoms with Gasteiger partial charge in [-0.3, -0.25) is 14.9 Å². The Morgan fingerprint density at radius 2 is 2.42 bits per heavy atom. The molecule has 2 rings (SSSR count). The van der Waals surface area contributed by atoms with Crippen LogP contribution in [-0.2, 0) is 4.79 Å². The van der Waals surface area contributed by atoms with Gasteiger partial charge in [0.25, 0.3) is 5.69 Å². The summed E-state index contributed by atoms with van der Waals surface area (Å²) in [5.41, 5.74) is -0.0598. The Morgan fingerprint density at radius 1 is 1.63 bits per heavy atom. The molecule has 1 aliphatic heterocycles. The molecule has 0 aliphatic carbocycles. The molecule has 8 nitrogen and oxygen atoms in total. The molecule has 2 N–H and O–H groups in total. The largest absolute Gasteiger partial charge is 0.357 e. The van der Waals surface area contributed by atoms with Crippen molar-refractivity contribution in [2.24, 2.45) is 0 Å². The summed E-state index contributed by atoms with van der Waals surface area (Å²) < 4.78 is 0. The van der Waals surface area contributed by atoms with Crippen LogP contribution in [0.5, 0.6) is 0 Å². The van der Waals surface area contributed by atoms with Gasteiger partial charge in [0.2, 0.25) is 5.91 Å². The summed E-state index contributed by atoms with van der Waals surface area (Å²) in [6.45, 7) is 1.90. The van der Waals surface area contributed by atoms with E-state index in [2.05, 4.69) is 15.6 Å². The molecule has 0 saturated carbocycles. The van der Waals surface area contributed by atoms with Crippen LogP contribution in [0.25, 0.3) is 0 Å². The van der Waals surface area contributed by atoms with Crippen molar-refractivity contribution in [1.29, 1.82) is 0 Å². The molecule has 1 saturated heterocycles. The van der Waals surface area contributed by atoms with Crippen molar-refractivity contribution in [3.8, 4) is 0 Å². The van der Waals surface area contributed by atoms with Crippen LogP contribution < -0.4 is 15.5 Å². The zero-order valence-electron chi connectivity index (χ0n) is 10.5. The molecular formula is C11H15N5O3. The average molecular weight is 265 g/mol. The highest BCUT2D eigenvalue weighted by molar-refractivity contribution is 5.85. The van der Waals surface area contributed by atoms with Crippen LogP contribution in [0, 0.1) is 10.1 Å². The number of hydrogen-bond donors (Lipinski definition) is 2. The number of anilines is 1. The summed E-state index contributed by atoms with van der Waals surface area (Å²) in [4.78, 5) is 27.8. The molecule has 102 valence electrons. The fraction of sp³-hybridized carbons (Fsp3) is 0.455. The van der Waals surface area contributed by atoms with E-state index in [0.717, 1.165) is 6.54 Å². The Morgan fingerprint density at radius 3 is 3.00 bits per heavy atom. The lowest BCUT2D eigenvalue weighted by Gasteiger charge is -2.35. The maximum absolute atomic E-state index is 11.8. The molecule has 19 heavy (non-hydrogen) atoms. The molecule has 0 radical (unpaired) electrons. The second-order valence-electron chi connectivity index (χ2n) is 4.16. The second-order valence-corrected chi connectivity index (χ2v) is 4.16. The predicted octanol–water partition coefficient (Wildman–Crippen LogP) is -0.486. The van der Waals surface area contributed by atoms with Gasteiger partial charge in [0.15, 0.2) is 0 Å². The molecule has 1 atom stereocenters. The number of carbonyl (C=O) groups excluding carboxylic acids is 1. The molecule has 1 fully saturated rings. The summed E-state index contributed by atoms with van der Waals surface area (Å²) in [5.74, 6) is 0.466. The first-order chi connectivity index (χ1) is 9.13. The van der Waals surface area contributed by atoms with Crippen molar-refractivity contribution in [2.45, 2.75) is 6.04 Å². The van der Waals surface area contributed by atoms with Crippen molar-refractivity contribution >= 4 is 17.4 Å². The number of rotatable bonds is 3. The Hall–Kier alpha value is -2.22. The number of nitrogens with zero attached hydrogens (tertiary/aromatic N) is 3. The van der Waals surface area contributed by atoms with E-state index in [1.54, 1.807) is 13.1 Å². The number of piperazine rings is 1. The van der Waals surface area contributed by atoms with E-state index in [1.807, 2.05) is 4.90 Å². The zero-order valence-corrected chi connectivity index (χ0v) is 10.5. The highest BCUT2D eigenvalue weighted by Gasteiger charge is 2.29. The van der Waals surface area contributed by atoms with Crippen molar-refractivity contribution in [3.05, 3.63) is 28.4 Å². The Kier molecular flexibility index (Phi) is 3.91. The van der Waals surface area contributed by atoms with Gasteiger partial charge in [0.05, 0.1) is 4.92 Å². The minimum absolute atomic E-state index is 0.0598. The average Bonchev–Trinajstić information content (AvgIpc) is 2.46. The number of likely N-dealkylation sites (N-methyl/N-ethyl adjacent to an activating group) is 1. The molecule has 1 aliphatic rings. The summed E-state index contributed by atoms with van der Waals surface area (Å²) in [6.07, 6.45) is 1.21. The summed E-state index contributed by atoms with van der Waals surface area (Å²) >= 11 is 0. The van der Waals surface area contributed by atoms with E-state index in [1.165, 1.54) is 12.3 Å². The van der Waals surface area contributed by atoms with Crippen LogP contribution in [0.3, 0.4) is 0 Å². The van der Waals surface area contributed by atoms with Gasteiger partial charge < -0.3 is 15.5 Å². The Bertz CT molecular complexity index is 476. The number of aromatic nitrogens is 1. The maximum atomic E-state index is 11.8. The van der Waals surface area contributed by atoms with E-state index < -0.39 is 4.92 Å². The lowest BCUT2D eigenvalue weighted by molar-refractivity contribution is -0.385. The normalized spacial score (nSPS) is 19.0. The Balaban J connectivity index is 2.22. The number of nitro groups is 1. The number of amides is 1. The fourth-order valence-corrected chi connectivity index (χ4v) is 2.04. The third-order valence-corrected chi connectivity index (χ3v) is 3.03. The predicted molar refractivity (Wildman–Crippen MR) is 69.0 cm³/mol.